The van der Waals surface area contributed by atoms with Gasteiger partial charge in [0, 0.05) is 28.9 Å². The second-order valence-corrected chi connectivity index (χ2v) is 9.52. The summed E-state index contributed by atoms with van der Waals surface area (Å²) >= 11 is 0. The van der Waals surface area contributed by atoms with Gasteiger partial charge in [-0.15, -0.1) is 0 Å². The Labute approximate surface area is 205 Å². The van der Waals surface area contributed by atoms with Crippen LogP contribution < -0.4 is 20.1 Å². The largest absolute Gasteiger partial charge is 0.494 e. The zero-order valence-electron chi connectivity index (χ0n) is 20.5. The average molecular weight is 476 g/mol. The van der Waals surface area contributed by atoms with Gasteiger partial charge in [0.2, 0.25) is 0 Å². The number of benzene rings is 2. The molecule has 0 saturated heterocycles. The molecule has 2 aliphatic rings. The summed E-state index contributed by atoms with van der Waals surface area (Å²) < 4.78 is 25.4. The first-order chi connectivity index (χ1) is 16.7. The van der Waals surface area contributed by atoms with E-state index in [9.17, 15) is 14.4 Å². The zero-order chi connectivity index (χ0) is 25.3. The minimum atomic E-state index is -0.697. The molecule has 0 fully saturated rings. The van der Waals surface area contributed by atoms with E-state index in [0.717, 1.165) is 5.70 Å². The number of nitriles is 1. The van der Waals surface area contributed by atoms with Crippen molar-refractivity contribution in [3.63, 3.8) is 0 Å². The van der Waals surface area contributed by atoms with Gasteiger partial charge in [-0.3, -0.25) is 9.69 Å². The Morgan fingerprint density at radius 3 is 2.43 bits per heavy atom. The van der Waals surface area contributed by atoms with Gasteiger partial charge < -0.3 is 15.2 Å². The number of carbonyl (C=O) groups is 1. The Hall–Kier alpha value is -3.79. The van der Waals surface area contributed by atoms with Crippen LogP contribution in [0.4, 0.5) is 10.1 Å². The third-order valence-corrected chi connectivity index (χ3v) is 6.37. The molecule has 1 atom stereocenters. The first kappa shape index (κ1) is 24.3. The number of nitrogens with two attached hydrogens (primary N) is 1. The number of halogens is 1. The third-order valence-electron chi connectivity index (χ3n) is 6.37. The molecule has 2 aromatic carbocycles. The van der Waals surface area contributed by atoms with E-state index in [0.29, 0.717) is 54.4 Å². The maximum atomic E-state index is 13.7. The molecule has 0 bridgehead atoms. The minimum Gasteiger partial charge on any atom is -0.494 e. The molecule has 35 heavy (non-hydrogen) atoms. The molecule has 0 aromatic heterocycles. The van der Waals surface area contributed by atoms with Crippen molar-refractivity contribution in [2.75, 3.05) is 18.1 Å². The molecule has 0 saturated carbocycles. The number of Topliss-reactive ketones (excluding diaryl/α,β-unsaturated/α-hetero) is 1. The van der Waals surface area contributed by atoms with Gasteiger partial charge in [0.1, 0.15) is 23.1 Å². The minimum absolute atomic E-state index is 0.0436. The maximum Gasteiger partial charge on any atom is 0.162 e. The predicted molar refractivity (Wildman–Crippen MR) is 132 cm³/mol. The lowest BCUT2D eigenvalue weighted by atomic mass is 9.68. The van der Waals surface area contributed by atoms with Crippen molar-refractivity contribution >= 4 is 11.5 Å². The molecule has 1 heterocycles. The van der Waals surface area contributed by atoms with E-state index in [2.05, 4.69) is 6.07 Å². The molecule has 0 radical (unpaired) electrons. The maximum absolute atomic E-state index is 13.7. The van der Waals surface area contributed by atoms with E-state index in [1.807, 2.05) is 39.8 Å². The summed E-state index contributed by atoms with van der Waals surface area (Å²) in [6.07, 6.45) is 0.907. The lowest BCUT2D eigenvalue weighted by Gasteiger charge is -2.44. The van der Waals surface area contributed by atoms with Crippen LogP contribution in [0.3, 0.4) is 0 Å². The van der Waals surface area contributed by atoms with E-state index in [4.69, 9.17) is 15.2 Å². The second-order valence-electron chi connectivity index (χ2n) is 9.52. The highest BCUT2D eigenvalue weighted by molar-refractivity contribution is 6.02. The Balaban J connectivity index is 2.01. The molecule has 6 nitrogen and oxygen atoms in total. The molecular formula is C28H30FN3O3. The van der Waals surface area contributed by atoms with Gasteiger partial charge in [-0.1, -0.05) is 13.8 Å². The Morgan fingerprint density at radius 2 is 1.80 bits per heavy atom. The van der Waals surface area contributed by atoms with Crippen LogP contribution in [0, 0.1) is 22.6 Å². The zero-order valence-corrected chi connectivity index (χ0v) is 20.5. The second kappa shape index (κ2) is 9.46. The highest BCUT2D eigenvalue weighted by atomic mass is 19.1. The van der Waals surface area contributed by atoms with Crippen LogP contribution in [-0.2, 0) is 4.79 Å². The topological polar surface area (TPSA) is 88.6 Å². The number of hydrogen-bond donors (Lipinski definition) is 1. The van der Waals surface area contributed by atoms with Crippen molar-refractivity contribution in [2.24, 2.45) is 11.1 Å². The first-order valence-corrected chi connectivity index (χ1v) is 11.8. The molecule has 2 aromatic rings. The van der Waals surface area contributed by atoms with E-state index < -0.39 is 5.92 Å². The fourth-order valence-corrected chi connectivity index (χ4v) is 5.00. The van der Waals surface area contributed by atoms with Crippen LogP contribution in [0.1, 0.15) is 52.0 Å². The summed E-state index contributed by atoms with van der Waals surface area (Å²) in [4.78, 5) is 15.4. The molecule has 1 unspecified atom stereocenters. The smallest absolute Gasteiger partial charge is 0.162 e. The standard InChI is InChI=1S/C28H30FN3O3/c1-5-34-19-11-12-24(35-6-2)20(13-19)25-21(16-30)27(31)32(18-9-7-17(29)8-10-18)22-14-28(3,4)15-23(33)26(22)25/h7-13,25H,5-6,14-15,31H2,1-4H3. The highest BCUT2D eigenvalue weighted by Gasteiger charge is 2.45. The molecular weight excluding hydrogens is 445 g/mol. The summed E-state index contributed by atoms with van der Waals surface area (Å²) in [5.41, 5.74) is 9.11. The van der Waals surface area contributed by atoms with Gasteiger partial charge in [0.25, 0.3) is 0 Å². The number of hydrogen-bond acceptors (Lipinski definition) is 6. The lowest BCUT2D eigenvalue weighted by Crippen LogP contribution is -2.42. The summed E-state index contributed by atoms with van der Waals surface area (Å²) in [7, 11) is 0. The number of allylic oxidation sites excluding steroid dienone is 3. The van der Waals surface area contributed by atoms with E-state index in [1.165, 1.54) is 12.1 Å². The molecule has 182 valence electrons. The fourth-order valence-electron chi connectivity index (χ4n) is 5.00. The van der Waals surface area contributed by atoms with Crippen LogP contribution in [0.25, 0.3) is 0 Å². The van der Waals surface area contributed by atoms with Crippen LogP contribution in [0.5, 0.6) is 11.5 Å². The normalized spacial score (nSPS) is 19.4. The van der Waals surface area contributed by atoms with E-state index in [-0.39, 0.29) is 28.4 Å². The van der Waals surface area contributed by atoms with Crippen LogP contribution in [0.15, 0.2) is 65.1 Å². The number of nitrogens with zero attached hydrogens (tertiary/aromatic N) is 2. The number of carbonyl (C=O) groups excluding carboxylic acids is 1. The molecule has 7 heteroatoms. The van der Waals surface area contributed by atoms with E-state index >= 15 is 0 Å². The number of ketones is 1. The van der Waals surface area contributed by atoms with Gasteiger partial charge in [-0.25, -0.2) is 4.39 Å². The van der Waals surface area contributed by atoms with Crippen LogP contribution in [-0.4, -0.2) is 19.0 Å². The van der Waals surface area contributed by atoms with Crippen molar-refractivity contribution in [1.29, 1.82) is 5.26 Å². The van der Waals surface area contributed by atoms with Crippen molar-refractivity contribution in [2.45, 2.75) is 46.5 Å². The average Bonchev–Trinajstić information content (AvgIpc) is 2.80. The Kier molecular flexibility index (Phi) is 6.58. The van der Waals surface area contributed by atoms with Crippen molar-refractivity contribution in [3.8, 4) is 17.6 Å². The SMILES string of the molecule is CCOc1ccc(OCC)c(C2C(C#N)=C(N)N(c3ccc(F)cc3)C3=C2C(=O)CC(C)(C)C3)c1. The quantitative estimate of drug-likeness (QED) is 0.588. The number of rotatable bonds is 6. The van der Waals surface area contributed by atoms with Gasteiger partial charge >= 0.3 is 0 Å². The van der Waals surface area contributed by atoms with Crippen LogP contribution in [0.2, 0.25) is 0 Å². The summed E-state index contributed by atoms with van der Waals surface area (Å²) in [6.45, 7) is 8.74. The Bertz CT molecular complexity index is 1260. The summed E-state index contributed by atoms with van der Waals surface area (Å²) in [5.74, 6) is 0.289. The molecule has 2 N–H and O–H groups in total. The number of anilines is 1. The summed E-state index contributed by atoms with van der Waals surface area (Å²) in [6, 6.07) is 13.6. The van der Waals surface area contributed by atoms with Crippen molar-refractivity contribution in [3.05, 3.63) is 76.5 Å². The predicted octanol–water partition coefficient (Wildman–Crippen LogP) is 5.56. The highest BCUT2D eigenvalue weighted by Crippen LogP contribution is 2.52. The molecule has 1 aliphatic heterocycles. The van der Waals surface area contributed by atoms with Gasteiger partial charge in [0.05, 0.1) is 30.8 Å². The fraction of sp³-hybridized carbons (Fsp3) is 0.357. The van der Waals surface area contributed by atoms with Crippen molar-refractivity contribution < 1.29 is 18.7 Å². The van der Waals surface area contributed by atoms with Gasteiger partial charge in [-0.05, 0) is 68.1 Å². The lowest BCUT2D eigenvalue weighted by molar-refractivity contribution is -0.118. The monoisotopic (exact) mass is 475 g/mol. The Morgan fingerprint density at radius 1 is 1.11 bits per heavy atom. The van der Waals surface area contributed by atoms with Gasteiger partial charge in [-0.2, -0.15) is 5.26 Å². The molecule has 4 rings (SSSR count). The molecule has 0 amide bonds. The van der Waals surface area contributed by atoms with Crippen molar-refractivity contribution in [1.82, 2.24) is 0 Å². The third kappa shape index (κ3) is 4.49. The molecule has 1 aliphatic carbocycles. The van der Waals surface area contributed by atoms with Crippen LogP contribution >= 0.6 is 0 Å². The number of ether oxygens (including phenoxy) is 2. The van der Waals surface area contributed by atoms with E-state index in [1.54, 1.807) is 23.1 Å². The molecule has 0 spiro atoms. The summed E-state index contributed by atoms with van der Waals surface area (Å²) in [5, 5.41) is 10.3. The first-order valence-electron chi connectivity index (χ1n) is 11.8. The van der Waals surface area contributed by atoms with Gasteiger partial charge in [0.15, 0.2) is 5.78 Å².